The maximum absolute atomic E-state index is 4.29. The molecule has 2 atom stereocenters. The fourth-order valence-electron chi connectivity index (χ4n) is 2.89. The lowest BCUT2D eigenvalue weighted by Gasteiger charge is -2.18. The minimum atomic E-state index is 0.514. The summed E-state index contributed by atoms with van der Waals surface area (Å²) in [6.07, 6.45) is 2.64. The molecule has 2 rings (SSSR count). The molecule has 2 unspecified atom stereocenters. The Morgan fingerprint density at radius 3 is 2.75 bits per heavy atom. The number of nitrogens with one attached hydrogen (secondary N) is 1. The van der Waals surface area contributed by atoms with Crippen LogP contribution in [0.1, 0.15) is 44.2 Å². The van der Waals surface area contributed by atoms with E-state index in [9.17, 15) is 0 Å². The first-order valence-electron chi connectivity index (χ1n) is 6.10. The van der Waals surface area contributed by atoms with Gasteiger partial charge in [-0.3, -0.25) is 0 Å². The van der Waals surface area contributed by atoms with E-state index in [-0.39, 0.29) is 0 Å². The van der Waals surface area contributed by atoms with E-state index in [4.69, 9.17) is 0 Å². The van der Waals surface area contributed by atoms with Gasteiger partial charge in [-0.25, -0.2) is 4.98 Å². The summed E-state index contributed by atoms with van der Waals surface area (Å²) >= 11 is 1.76. The molecule has 3 heteroatoms. The molecule has 0 radical (unpaired) electrons. The van der Waals surface area contributed by atoms with Gasteiger partial charge in [0.2, 0.25) is 0 Å². The summed E-state index contributed by atoms with van der Waals surface area (Å²) in [5, 5.41) is 3.70. The van der Waals surface area contributed by atoms with E-state index in [2.05, 4.69) is 38.0 Å². The van der Waals surface area contributed by atoms with E-state index in [0.717, 1.165) is 12.5 Å². The van der Waals surface area contributed by atoms with Crippen molar-refractivity contribution in [1.82, 2.24) is 10.3 Å². The van der Waals surface area contributed by atoms with E-state index in [1.807, 2.05) is 5.51 Å². The Kier molecular flexibility index (Phi) is 3.36. The Morgan fingerprint density at radius 1 is 1.50 bits per heavy atom. The van der Waals surface area contributed by atoms with Crippen molar-refractivity contribution < 1.29 is 0 Å². The molecule has 1 fully saturated rings. The molecule has 1 heterocycles. The highest BCUT2D eigenvalue weighted by Crippen LogP contribution is 2.40. The molecule has 1 aliphatic rings. The molecule has 0 saturated heterocycles. The van der Waals surface area contributed by atoms with Crippen molar-refractivity contribution >= 4 is 11.3 Å². The van der Waals surface area contributed by atoms with Crippen LogP contribution < -0.4 is 5.32 Å². The number of nitrogens with zero attached hydrogens (tertiary/aromatic N) is 1. The molecule has 90 valence electrons. The Balaban J connectivity index is 1.90. The van der Waals surface area contributed by atoms with Crippen LogP contribution in [0.5, 0.6) is 0 Å². The van der Waals surface area contributed by atoms with Gasteiger partial charge >= 0.3 is 0 Å². The molecule has 0 aliphatic heterocycles. The van der Waals surface area contributed by atoms with Gasteiger partial charge < -0.3 is 5.32 Å². The summed E-state index contributed by atoms with van der Waals surface area (Å²) in [7, 11) is 0. The largest absolute Gasteiger partial charge is 0.309 e. The quantitative estimate of drug-likeness (QED) is 0.873. The van der Waals surface area contributed by atoms with Crippen LogP contribution in [0.4, 0.5) is 0 Å². The minimum absolute atomic E-state index is 0.514. The predicted molar refractivity (Wildman–Crippen MR) is 69.7 cm³/mol. The molecular formula is C13H22N2S. The number of rotatable bonds is 3. The van der Waals surface area contributed by atoms with Crippen molar-refractivity contribution in [2.45, 2.75) is 53.1 Å². The van der Waals surface area contributed by atoms with Crippen molar-refractivity contribution in [2.24, 2.45) is 11.3 Å². The van der Waals surface area contributed by atoms with Gasteiger partial charge in [0.05, 0.1) is 11.2 Å². The average Bonchev–Trinajstić information content (AvgIpc) is 2.67. The molecule has 0 aromatic carbocycles. The van der Waals surface area contributed by atoms with E-state index < -0.39 is 0 Å². The van der Waals surface area contributed by atoms with E-state index in [0.29, 0.717) is 11.5 Å². The lowest BCUT2D eigenvalue weighted by atomic mass is 9.91. The standard InChI is InChI=1S/C13H22N2S/c1-9-5-13(3,4)6-11(9)14-7-12-10(2)15-8-16-12/h8-9,11,14H,5-7H2,1-4H3. The summed E-state index contributed by atoms with van der Waals surface area (Å²) in [5.41, 5.74) is 3.64. The van der Waals surface area contributed by atoms with Crippen LogP contribution in [0.3, 0.4) is 0 Å². The summed E-state index contributed by atoms with van der Waals surface area (Å²) in [4.78, 5) is 5.67. The van der Waals surface area contributed by atoms with Gasteiger partial charge in [-0.05, 0) is 31.1 Å². The highest BCUT2D eigenvalue weighted by atomic mass is 32.1. The summed E-state index contributed by atoms with van der Waals surface area (Å²) in [5.74, 6) is 0.795. The summed E-state index contributed by atoms with van der Waals surface area (Å²) in [6, 6.07) is 0.677. The molecule has 0 amide bonds. The summed E-state index contributed by atoms with van der Waals surface area (Å²) < 4.78 is 0. The van der Waals surface area contributed by atoms with Crippen molar-refractivity contribution in [3.8, 4) is 0 Å². The Hall–Kier alpha value is -0.410. The molecule has 2 nitrogen and oxygen atoms in total. The van der Waals surface area contributed by atoms with Crippen LogP contribution in [-0.2, 0) is 6.54 Å². The number of hydrogen-bond acceptors (Lipinski definition) is 3. The van der Waals surface area contributed by atoms with Crippen LogP contribution in [-0.4, -0.2) is 11.0 Å². The first-order valence-corrected chi connectivity index (χ1v) is 6.98. The minimum Gasteiger partial charge on any atom is -0.309 e. The highest BCUT2D eigenvalue weighted by molar-refractivity contribution is 7.09. The normalized spacial score (nSPS) is 28.5. The highest BCUT2D eigenvalue weighted by Gasteiger charge is 2.36. The van der Waals surface area contributed by atoms with Crippen molar-refractivity contribution in [1.29, 1.82) is 0 Å². The van der Waals surface area contributed by atoms with Crippen LogP contribution >= 0.6 is 11.3 Å². The SMILES string of the molecule is Cc1ncsc1CNC1CC(C)(C)CC1C. The lowest BCUT2D eigenvalue weighted by molar-refractivity contribution is 0.362. The predicted octanol–water partition coefficient (Wildman–Crippen LogP) is 3.37. The van der Waals surface area contributed by atoms with Crippen LogP contribution in [0, 0.1) is 18.3 Å². The van der Waals surface area contributed by atoms with Crippen molar-refractivity contribution in [3.63, 3.8) is 0 Å². The third kappa shape index (κ3) is 2.64. The Morgan fingerprint density at radius 2 is 2.25 bits per heavy atom. The molecule has 1 aromatic rings. The maximum atomic E-state index is 4.29. The topological polar surface area (TPSA) is 24.9 Å². The molecule has 1 saturated carbocycles. The van der Waals surface area contributed by atoms with Crippen LogP contribution in [0.25, 0.3) is 0 Å². The zero-order chi connectivity index (χ0) is 11.8. The molecule has 0 spiro atoms. The van der Waals surface area contributed by atoms with Gasteiger partial charge in [-0.15, -0.1) is 11.3 Å². The fraction of sp³-hybridized carbons (Fsp3) is 0.769. The number of aromatic nitrogens is 1. The third-order valence-corrected chi connectivity index (χ3v) is 4.64. The van der Waals surface area contributed by atoms with E-state index in [1.54, 1.807) is 11.3 Å². The van der Waals surface area contributed by atoms with E-state index in [1.165, 1.54) is 23.4 Å². The molecule has 0 bridgehead atoms. The zero-order valence-electron chi connectivity index (χ0n) is 10.7. The van der Waals surface area contributed by atoms with Gasteiger partial charge in [-0.1, -0.05) is 20.8 Å². The van der Waals surface area contributed by atoms with Gasteiger partial charge in [0.25, 0.3) is 0 Å². The third-order valence-electron chi connectivity index (χ3n) is 3.70. The molecular weight excluding hydrogens is 216 g/mol. The smallest absolute Gasteiger partial charge is 0.0798 e. The Bertz CT molecular complexity index is 357. The molecule has 1 N–H and O–H groups in total. The number of hydrogen-bond donors (Lipinski definition) is 1. The molecule has 16 heavy (non-hydrogen) atoms. The zero-order valence-corrected chi connectivity index (χ0v) is 11.5. The van der Waals surface area contributed by atoms with Gasteiger partial charge in [0, 0.05) is 17.5 Å². The lowest BCUT2D eigenvalue weighted by Crippen LogP contribution is -2.31. The fourth-order valence-corrected chi connectivity index (χ4v) is 3.61. The monoisotopic (exact) mass is 238 g/mol. The molecule has 1 aromatic heterocycles. The van der Waals surface area contributed by atoms with Gasteiger partial charge in [-0.2, -0.15) is 0 Å². The number of aryl methyl sites for hydroxylation is 1. The maximum Gasteiger partial charge on any atom is 0.0798 e. The first kappa shape index (κ1) is 12.1. The summed E-state index contributed by atoms with van der Waals surface area (Å²) in [6.45, 7) is 10.2. The molecule has 1 aliphatic carbocycles. The van der Waals surface area contributed by atoms with Crippen LogP contribution in [0.2, 0.25) is 0 Å². The van der Waals surface area contributed by atoms with Gasteiger partial charge in [0.15, 0.2) is 0 Å². The second-order valence-electron chi connectivity index (χ2n) is 5.90. The van der Waals surface area contributed by atoms with Crippen LogP contribution in [0.15, 0.2) is 5.51 Å². The second kappa shape index (κ2) is 4.46. The van der Waals surface area contributed by atoms with E-state index >= 15 is 0 Å². The average molecular weight is 238 g/mol. The van der Waals surface area contributed by atoms with Crippen molar-refractivity contribution in [2.75, 3.05) is 0 Å². The first-order chi connectivity index (χ1) is 7.48. The van der Waals surface area contributed by atoms with Gasteiger partial charge in [0.1, 0.15) is 0 Å². The Labute approximate surface area is 102 Å². The van der Waals surface area contributed by atoms with Crippen molar-refractivity contribution in [3.05, 3.63) is 16.1 Å². The number of thiazole rings is 1. The second-order valence-corrected chi connectivity index (χ2v) is 6.84.